The van der Waals surface area contributed by atoms with Crippen molar-refractivity contribution in [1.29, 1.82) is 0 Å². The van der Waals surface area contributed by atoms with Gasteiger partial charge in [0.05, 0.1) is 19.6 Å². The van der Waals surface area contributed by atoms with Gasteiger partial charge in [0.15, 0.2) is 0 Å². The minimum atomic E-state index is -0.378. The van der Waals surface area contributed by atoms with Gasteiger partial charge in [-0.3, -0.25) is 9.59 Å². The number of hydrogen-bond acceptors (Lipinski definition) is 4. The SMILES string of the molecule is CNCCCC(=O)NC(CC(=O)OC)c1cccc(Br)c1.Cl. The first-order chi connectivity index (χ1) is 10.1. The fourth-order valence-electron chi connectivity index (χ4n) is 1.92. The second kappa shape index (κ2) is 11.5. The number of carbonyl (C=O) groups is 2. The highest BCUT2D eigenvalue weighted by molar-refractivity contribution is 9.10. The molecule has 7 heteroatoms. The molecule has 1 amide bonds. The summed E-state index contributed by atoms with van der Waals surface area (Å²) in [6.45, 7) is 0.784. The van der Waals surface area contributed by atoms with E-state index in [9.17, 15) is 9.59 Å². The van der Waals surface area contributed by atoms with E-state index in [1.54, 1.807) is 0 Å². The number of hydrogen-bond donors (Lipinski definition) is 2. The number of rotatable bonds is 8. The predicted octanol–water partition coefficient (Wildman–Crippen LogP) is 2.59. The molecule has 0 saturated heterocycles. The predicted molar refractivity (Wildman–Crippen MR) is 92.1 cm³/mol. The molecule has 22 heavy (non-hydrogen) atoms. The fourth-order valence-corrected chi connectivity index (χ4v) is 2.33. The molecule has 124 valence electrons. The Balaban J connectivity index is 0.00000441. The van der Waals surface area contributed by atoms with Crippen molar-refractivity contribution in [3.8, 4) is 0 Å². The molecule has 5 nitrogen and oxygen atoms in total. The molecule has 1 aromatic rings. The van der Waals surface area contributed by atoms with Crippen LogP contribution in [-0.2, 0) is 14.3 Å². The highest BCUT2D eigenvalue weighted by Gasteiger charge is 2.18. The average Bonchev–Trinajstić information content (AvgIpc) is 2.46. The Labute approximate surface area is 145 Å². The Morgan fingerprint density at radius 3 is 2.68 bits per heavy atom. The van der Waals surface area contributed by atoms with Gasteiger partial charge in [-0.2, -0.15) is 0 Å². The van der Waals surface area contributed by atoms with Crippen molar-refractivity contribution < 1.29 is 14.3 Å². The molecule has 0 bridgehead atoms. The lowest BCUT2D eigenvalue weighted by atomic mass is 10.0. The van der Waals surface area contributed by atoms with Gasteiger partial charge in [-0.15, -0.1) is 12.4 Å². The summed E-state index contributed by atoms with van der Waals surface area (Å²) in [6, 6.07) is 7.16. The third-order valence-corrected chi connectivity index (χ3v) is 3.51. The van der Waals surface area contributed by atoms with E-state index < -0.39 is 0 Å². The first-order valence-electron chi connectivity index (χ1n) is 6.83. The lowest BCUT2D eigenvalue weighted by Crippen LogP contribution is -2.30. The van der Waals surface area contributed by atoms with Crippen LogP contribution in [0.3, 0.4) is 0 Å². The summed E-state index contributed by atoms with van der Waals surface area (Å²) in [4.78, 5) is 23.5. The van der Waals surface area contributed by atoms with Crippen LogP contribution >= 0.6 is 28.3 Å². The average molecular weight is 394 g/mol. The van der Waals surface area contributed by atoms with E-state index in [0.29, 0.717) is 6.42 Å². The van der Waals surface area contributed by atoms with Gasteiger partial charge < -0.3 is 15.4 Å². The Morgan fingerprint density at radius 2 is 2.09 bits per heavy atom. The van der Waals surface area contributed by atoms with Crippen LogP contribution in [0.25, 0.3) is 0 Å². The Bertz CT molecular complexity index is 486. The molecule has 1 aromatic carbocycles. The van der Waals surface area contributed by atoms with Crippen LogP contribution in [0.15, 0.2) is 28.7 Å². The number of benzene rings is 1. The Morgan fingerprint density at radius 1 is 1.36 bits per heavy atom. The summed E-state index contributed by atoms with van der Waals surface area (Å²) in [5, 5.41) is 5.89. The molecule has 1 atom stereocenters. The van der Waals surface area contributed by atoms with Crippen LogP contribution in [-0.4, -0.2) is 32.6 Å². The van der Waals surface area contributed by atoms with Gasteiger partial charge in [-0.1, -0.05) is 28.1 Å². The molecule has 1 rings (SSSR count). The van der Waals surface area contributed by atoms with E-state index in [2.05, 4.69) is 26.6 Å². The van der Waals surface area contributed by atoms with Gasteiger partial charge in [0.2, 0.25) is 5.91 Å². The van der Waals surface area contributed by atoms with Crippen LogP contribution in [0.5, 0.6) is 0 Å². The van der Waals surface area contributed by atoms with Crippen molar-refractivity contribution in [2.45, 2.75) is 25.3 Å². The highest BCUT2D eigenvalue weighted by Crippen LogP contribution is 2.21. The molecule has 1 unspecified atom stereocenters. The second-order valence-electron chi connectivity index (χ2n) is 4.66. The third-order valence-electron chi connectivity index (χ3n) is 3.02. The quantitative estimate of drug-likeness (QED) is 0.526. The van der Waals surface area contributed by atoms with Crippen LogP contribution < -0.4 is 10.6 Å². The van der Waals surface area contributed by atoms with Gasteiger partial charge in [0.1, 0.15) is 0 Å². The van der Waals surface area contributed by atoms with Crippen LogP contribution in [0.2, 0.25) is 0 Å². The van der Waals surface area contributed by atoms with E-state index in [1.807, 2.05) is 31.3 Å². The number of halogens is 2. The smallest absolute Gasteiger partial charge is 0.307 e. The Hall–Kier alpha value is -1.11. The monoisotopic (exact) mass is 392 g/mol. The normalized spacial score (nSPS) is 11.2. The molecule has 0 heterocycles. The number of carbonyl (C=O) groups excluding carboxylic acids is 2. The van der Waals surface area contributed by atoms with E-state index in [4.69, 9.17) is 4.74 Å². The summed E-state index contributed by atoms with van der Waals surface area (Å²) < 4.78 is 5.60. The maximum absolute atomic E-state index is 12.0. The maximum Gasteiger partial charge on any atom is 0.307 e. The van der Waals surface area contributed by atoms with Crippen molar-refractivity contribution >= 4 is 40.2 Å². The number of methoxy groups -OCH3 is 1. The van der Waals surface area contributed by atoms with Gasteiger partial charge in [-0.05, 0) is 37.7 Å². The number of esters is 1. The second-order valence-corrected chi connectivity index (χ2v) is 5.58. The molecule has 0 aliphatic carbocycles. The van der Waals surface area contributed by atoms with Crippen molar-refractivity contribution in [2.24, 2.45) is 0 Å². The number of amides is 1. The molecular weight excluding hydrogens is 372 g/mol. The largest absolute Gasteiger partial charge is 0.469 e. The maximum atomic E-state index is 12.0. The zero-order chi connectivity index (χ0) is 15.7. The highest BCUT2D eigenvalue weighted by atomic mass is 79.9. The fraction of sp³-hybridized carbons (Fsp3) is 0.467. The molecule has 0 saturated carbocycles. The standard InChI is InChI=1S/C15H21BrN2O3.ClH/c1-17-8-4-7-14(19)18-13(10-15(20)21-2)11-5-3-6-12(16)9-11;/h3,5-6,9,13,17H,4,7-8,10H2,1-2H3,(H,18,19);1H. The first kappa shape index (κ1) is 20.9. The molecule has 0 aliphatic heterocycles. The molecule has 0 aliphatic rings. The summed E-state index contributed by atoms with van der Waals surface area (Å²) >= 11 is 3.39. The minimum Gasteiger partial charge on any atom is -0.469 e. The van der Waals surface area contributed by atoms with E-state index >= 15 is 0 Å². The molecule has 2 N–H and O–H groups in total. The summed E-state index contributed by atoms with van der Waals surface area (Å²) in [7, 11) is 3.19. The number of nitrogens with one attached hydrogen (secondary N) is 2. The van der Waals surface area contributed by atoms with Crippen LogP contribution in [0.1, 0.15) is 30.9 Å². The zero-order valence-corrected chi connectivity index (χ0v) is 15.1. The summed E-state index contributed by atoms with van der Waals surface area (Å²) in [5.41, 5.74) is 0.872. The molecule has 0 spiro atoms. The molecule has 0 fully saturated rings. The van der Waals surface area contributed by atoms with E-state index in [-0.39, 0.29) is 36.7 Å². The Kier molecular flexibility index (Phi) is 10.9. The van der Waals surface area contributed by atoms with Crippen LogP contribution in [0.4, 0.5) is 0 Å². The molecule has 0 radical (unpaired) electrons. The van der Waals surface area contributed by atoms with Gasteiger partial charge in [0, 0.05) is 10.9 Å². The minimum absolute atomic E-state index is 0. The lowest BCUT2D eigenvalue weighted by molar-refractivity contribution is -0.141. The zero-order valence-electron chi connectivity index (χ0n) is 12.7. The lowest BCUT2D eigenvalue weighted by Gasteiger charge is -2.18. The van der Waals surface area contributed by atoms with E-state index in [0.717, 1.165) is 23.0 Å². The number of ether oxygens (including phenoxy) is 1. The van der Waals surface area contributed by atoms with Crippen molar-refractivity contribution in [3.63, 3.8) is 0 Å². The third kappa shape index (κ3) is 7.77. The summed E-state index contributed by atoms with van der Waals surface area (Å²) in [6.07, 6.45) is 1.29. The van der Waals surface area contributed by atoms with Crippen molar-refractivity contribution in [3.05, 3.63) is 34.3 Å². The molecule has 0 aromatic heterocycles. The van der Waals surface area contributed by atoms with Crippen LogP contribution in [0, 0.1) is 0 Å². The first-order valence-corrected chi connectivity index (χ1v) is 7.62. The van der Waals surface area contributed by atoms with Crippen molar-refractivity contribution in [2.75, 3.05) is 20.7 Å². The van der Waals surface area contributed by atoms with Gasteiger partial charge in [-0.25, -0.2) is 0 Å². The molecular formula is C15H22BrClN2O3. The van der Waals surface area contributed by atoms with Gasteiger partial charge in [0.25, 0.3) is 0 Å². The summed E-state index contributed by atoms with van der Waals surface area (Å²) in [5.74, 6) is -0.422. The topological polar surface area (TPSA) is 67.4 Å². The van der Waals surface area contributed by atoms with Crippen molar-refractivity contribution in [1.82, 2.24) is 10.6 Å². The van der Waals surface area contributed by atoms with E-state index in [1.165, 1.54) is 7.11 Å². The van der Waals surface area contributed by atoms with Gasteiger partial charge >= 0.3 is 5.97 Å².